The molecule has 0 spiro atoms. The van der Waals surface area contributed by atoms with E-state index in [2.05, 4.69) is 20.5 Å². The van der Waals surface area contributed by atoms with Crippen molar-refractivity contribution in [3.8, 4) is 0 Å². The number of aromatic nitrogens is 1. The van der Waals surface area contributed by atoms with Crippen LogP contribution >= 0.6 is 0 Å². The summed E-state index contributed by atoms with van der Waals surface area (Å²) in [6.45, 7) is 3.75. The molecule has 0 unspecified atom stereocenters. The number of nitrogens with one attached hydrogen (secondary N) is 2. The number of rotatable bonds is 5. The van der Waals surface area contributed by atoms with Crippen LogP contribution in [0.25, 0.3) is 0 Å². The van der Waals surface area contributed by atoms with Gasteiger partial charge in [0.1, 0.15) is 11.7 Å². The van der Waals surface area contributed by atoms with Crippen LogP contribution in [-0.4, -0.2) is 35.9 Å². The smallest absolute Gasteiger partial charge is 0.270 e. The molecule has 1 atom stereocenters. The molecule has 1 aromatic heterocycles. The van der Waals surface area contributed by atoms with Crippen molar-refractivity contribution in [2.24, 2.45) is 0 Å². The molecule has 6 heteroatoms. The van der Waals surface area contributed by atoms with E-state index in [9.17, 15) is 9.59 Å². The lowest BCUT2D eigenvalue weighted by Crippen LogP contribution is -2.41. The number of benzene rings is 1. The first-order valence-electron chi connectivity index (χ1n) is 8.51. The van der Waals surface area contributed by atoms with Crippen molar-refractivity contribution in [2.45, 2.75) is 25.8 Å². The molecule has 1 aliphatic heterocycles. The maximum absolute atomic E-state index is 12.4. The number of nitrogens with zero attached hydrogens (tertiary/aromatic N) is 2. The Bertz CT molecular complexity index is 742. The van der Waals surface area contributed by atoms with Gasteiger partial charge in [-0.05, 0) is 50.1 Å². The zero-order valence-corrected chi connectivity index (χ0v) is 14.2. The summed E-state index contributed by atoms with van der Waals surface area (Å²) in [5.41, 5.74) is 2.13. The van der Waals surface area contributed by atoms with Crippen LogP contribution in [0.15, 0.2) is 48.7 Å². The predicted octanol–water partition coefficient (Wildman–Crippen LogP) is 2.44. The molecule has 1 saturated heterocycles. The molecule has 1 fully saturated rings. The molecule has 6 nitrogen and oxygen atoms in total. The van der Waals surface area contributed by atoms with Crippen molar-refractivity contribution in [3.63, 3.8) is 0 Å². The molecular weight excluding hydrogens is 316 g/mol. The molecule has 2 N–H and O–H groups in total. The predicted molar refractivity (Wildman–Crippen MR) is 97.7 cm³/mol. The molecule has 2 aromatic rings. The van der Waals surface area contributed by atoms with Gasteiger partial charge in [-0.25, -0.2) is 0 Å². The Morgan fingerprint density at radius 2 is 1.92 bits per heavy atom. The molecule has 0 radical (unpaired) electrons. The van der Waals surface area contributed by atoms with Crippen molar-refractivity contribution in [1.29, 1.82) is 0 Å². The highest BCUT2D eigenvalue weighted by Gasteiger charge is 2.18. The highest BCUT2D eigenvalue weighted by molar-refractivity contribution is 6.00. The molecule has 0 bridgehead atoms. The Labute approximate surface area is 147 Å². The average Bonchev–Trinajstić information content (AvgIpc) is 3.17. The third-order valence-electron chi connectivity index (χ3n) is 4.22. The molecule has 1 aliphatic rings. The summed E-state index contributed by atoms with van der Waals surface area (Å²) >= 11 is 0. The van der Waals surface area contributed by atoms with Crippen LogP contribution in [0.2, 0.25) is 0 Å². The van der Waals surface area contributed by atoms with E-state index in [0.717, 1.165) is 24.5 Å². The minimum atomic E-state index is -0.662. The zero-order valence-electron chi connectivity index (χ0n) is 14.2. The van der Waals surface area contributed by atoms with Gasteiger partial charge in [0, 0.05) is 30.7 Å². The number of carbonyl (C=O) groups excluding carboxylic acids is 2. The van der Waals surface area contributed by atoms with Crippen LogP contribution in [0.1, 0.15) is 30.3 Å². The summed E-state index contributed by atoms with van der Waals surface area (Å²) in [6.07, 6.45) is 3.95. The van der Waals surface area contributed by atoms with E-state index in [0.29, 0.717) is 0 Å². The van der Waals surface area contributed by atoms with Crippen LogP contribution in [0.4, 0.5) is 11.4 Å². The lowest BCUT2D eigenvalue weighted by atomic mass is 10.2. The van der Waals surface area contributed by atoms with Gasteiger partial charge < -0.3 is 15.5 Å². The third-order valence-corrected chi connectivity index (χ3v) is 4.22. The summed E-state index contributed by atoms with van der Waals surface area (Å²) < 4.78 is 0. The van der Waals surface area contributed by atoms with Crippen LogP contribution in [0.3, 0.4) is 0 Å². The maximum atomic E-state index is 12.4. The Morgan fingerprint density at radius 1 is 1.12 bits per heavy atom. The SMILES string of the molecule is C[C@@H](NC(=O)c1ccccn1)C(=O)Nc1cccc(N2CCCC2)c1. The second-order valence-corrected chi connectivity index (χ2v) is 6.14. The molecular formula is C19H22N4O2. The van der Waals surface area contributed by atoms with Gasteiger partial charge in [0.05, 0.1) is 0 Å². The largest absolute Gasteiger partial charge is 0.371 e. The summed E-state index contributed by atoms with van der Waals surface area (Å²) in [7, 11) is 0. The fourth-order valence-corrected chi connectivity index (χ4v) is 2.84. The van der Waals surface area contributed by atoms with Crippen molar-refractivity contribution >= 4 is 23.2 Å². The Morgan fingerprint density at radius 3 is 2.64 bits per heavy atom. The van der Waals surface area contributed by atoms with Crippen LogP contribution in [0.5, 0.6) is 0 Å². The summed E-state index contributed by atoms with van der Waals surface area (Å²) in [4.78, 5) is 30.7. The van der Waals surface area contributed by atoms with Gasteiger partial charge in [0.25, 0.3) is 5.91 Å². The van der Waals surface area contributed by atoms with E-state index in [-0.39, 0.29) is 17.5 Å². The van der Waals surface area contributed by atoms with E-state index >= 15 is 0 Å². The standard InChI is InChI=1S/C19H22N4O2/c1-14(21-19(25)17-9-2-3-10-20-17)18(24)22-15-7-6-8-16(13-15)23-11-4-5-12-23/h2-3,6-10,13-14H,4-5,11-12H2,1H3,(H,21,25)(H,22,24)/t14-/m1/s1. The normalized spacial score (nSPS) is 14.8. The van der Waals surface area contributed by atoms with Crippen LogP contribution < -0.4 is 15.5 Å². The lowest BCUT2D eigenvalue weighted by Gasteiger charge is -2.19. The van der Waals surface area contributed by atoms with E-state index in [1.54, 1.807) is 31.3 Å². The summed E-state index contributed by atoms with van der Waals surface area (Å²) in [5.74, 6) is -0.628. The second kappa shape index (κ2) is 7.79. The first kappa shape index (κ1) is 17.0. The van der Waals surface area contributed by atoms with Crippen molar-refractivity contribution < 1.29 is 9.59 Å². The lowest BCUT2D eigenvalue weighted by molar-refractivity contribution is -0.117. The first-order chi connectivity index (χ1) is 12.1. The highest BCUT2D eigenvalue weighted by atomic mass is 16.2. The number of carbonyl (C=O) groups is 2. The molecule has 130 valence electrons. The van der Waals surface area contributed by atoms with Crippen molar-refractivity contribution in [2.75, 3.05) is 23.3 Å². The van der Waals surface area contributed by atoms with Gasteiger partial charge in [-0.2, -0.15) is 0 Å². The number of amides is 2. The van der Waals surface area contributed by atoms with Crippen LogP contribution in [-0.2, 0) is 4.79 Å². The topological polar surface area (TPSA) is 74.3 Å². The fraction of sp³-hybridized carbons (Fsp3) is 0.316. The summed E-state index contributed by atoms with van der Waals surface area (Å²) in [6, 6.07) is 12.2. The van der Waals surface area contributed by atoms with Gasteiger partial charge in [-0.15, -0.1) is 0 Å². The van der Waals surface area contributed by atoms with E-state index in [1.165, 1.54) is 12.8 Å². The highest BCUT2D eigenvalue weighted by Crippen LogP contribution is 2.23. The molecule has 0 aliphatic carbocycles. The molecule has 25 heavy (non-hydrogen) atoms. The van der Waals surface area contributed by atoms with Crippen molar-refractivity contribution in [1.82, 2.24) is 10.3 Å². The second-order valence-electron chi connectivity index (χ2n) is 6.14. The fourth-order valence-electron chi connectivity index (χ4n) is 2.84. The maximum Gasteiger partial charge on any atom is 0.270 e. The molecule has 0 saturated carbocycles. The molecule has 2 heterocycles. The Balaban J connectivity index is 1.59. The monoisotopic (exact) mass is 338 g/mol. The third kappa shape index (κ3) is 4.35. The number of pyridine rings is 1. The number of anilines is 2. The quantitative estimate of drug-likeness (QED) is 0.878. The average molecular weight is 338 g/mol. The van der Waals surface area contributed by atoms with E-state index in [4.69, 9.17) is 0 Å². The first-order valence-corrected chi connectivity index (χ1v) is 8.51. The van der Waals surface area contributed by atoms with Gasteiger partial charge in [0.15, 0.2) is 0 Å². The molecule has 2 amide bonds. The van der Waals surface area contributed by atoms with Crippen LogP contribution in [0, 0.1) is 0 Å². The Kier molecular flexibility index (Phi) is 5.28. The van der Waals surface area contributed by atoms with Gasteiger partial charge in [-0.1, -0.05) is 12.1 Å². The summed E-state index contributed by atoms with van der Waals surface area (Å²) in [5, 5.41) is 5.52. The van der Waals surface area contributed by atoms with E-state index < -0.39 is 6.04 Å². The minimum Gasteiger partial charge on any atom is -0.371 e. The molecule has 1 aromatic carbocycles. The van der Waals surface area contributed by atoms with E-state index in [1.807, 2.05) is 24.3 Å². The van der Waals surface area contributed by atoms with Crippen molar-refractivity contribution in [3.05, 3.63) is 54.4 Å². The molecule has 3 rings (SSSR count). The Hall–Kier alpha value is -2.89. The van der Waals surface area contributed by atoms with Gasteiger partial charge >= 0.3 is 0 Å². The van der Waals surface area contributed by atoms with Gasteiger partial charge in [-0.3, -0.25) is 14.6 Å². The number of hydrogen-bond acceptors (Lipinski definition) is 4. The van der Waals surface area contributed by atoms with Gasteiger partial charge in [0.2, 0.25) is 5.91 Å². The zero-order chi connectivity index (χ0) is 17.6. The number of hydrogen-bond donors (Lipinski definition) is 2. The minimum absolute atomic E-state index is 0.261.